The molecule has 0 aliphatic carbocycles. The van der Waals surface area contributed by atoms with Gasteiger partial charge in [0, 0.05) is 6.42 Å². The Morgan fingerprint density at radius 1 is 1.24 bits per heavy atom. The Hall–Kier alpha value is -1.47. The lowest BCUT2D eigenvalue weighted by molar-refractivity contribution is -0.196. The van der Waals surface area contributed by atoms with Gasteiger partial charge in [-0.3, -0.25) is 9.59 Å². The second-order valence-corrected chi connectivity index (χ2v) is 6.64. The number of aldehydes is 1. The highest BCUT2D eigenvalue weighted by Gasteiger charge is 2.49. The van der Waals surface area contributed by atoms with E-state index in [0.717, 1.165) is 19.1 Å². The number of unbranched alkanes of at least 4 members (excludes halogenated alkanes) is 1. The highest BCUT2D eigenvalue weighted by molar-refractivity contribution is 5.78. The highest BCUT2D eigenvalue weighted by Crippen LogP contribution is 2.36. The van der Waals surface area contributed by atoms with Crippen molar-refractivity contribution in [1.29, 1.82) is 0 Å². The Kier molecular flexibility index (Phi) is 8.52. The van der Waals surface area contributed by atoms with Crippen molar-refractivity contribution in [2.45, 2.75) is 83.7 Å². The first-order valence-electron chi connectivity index (χ1n) is 8.91. The molecule has 7 nitrogen and oxygen atoms in total. The smallest absolute Gasteiger partial charge is 0.307 e. The maximum absolute atomic E-state index is 12.3. The maximum atomic E-state index is 12.3. The molecule has 1 rings (SSSR count). The Morgan fingerprint density at radius 3 is 2.44 bits per heavy atom. The largest absolute Gasteiger partial charge is 0.466 e. The second kappa shape index (κ2) is 9.87. The van der Waals surface area contributed by atoms with Crippen LogP contribution in [0.1, 0.15) is 66.2 Å². The summed E-state index contributed by atoms with van der Waals surface area (Å²) in [6, 6.07) is 0. The minimum absolute atomic E-state index is 0.0300. The standard InChI is InChI=1S/C18H30O7/c1-5-7-10-18(11-12-19,14-13-23-17(3,4)24-14)25-16(21)9-8-15(20)22-6-2/h12,14H,5-11,13H2,1-4H3/t14-,18+/m0/s1. The molecule has 0 saturated carbocycles. The normalized spacial score (nSPS) is 21.4. The molecule has 144 valence electrons. The van der Waals surface area contributed by atoms with E-state index in [2.05, 4.69) is 0 Å². The fraction of sp³-hybridized carbons (Fsp3) is 0.833. The number of carbonyl (C=O) groups excluding carboxylic acids is 3. The summed E-state index contributed by atoms with van der Waals surface area (Å²) >= 11 is 0. The zero-order valence-corrected chi connectivity index (χ0v) is 15.7. The minimum atomic E-state index is -1.07. The van der Waals surface area contributed by atoms with Gasteiger partial charge in [0.05, 0.1) is 26.1 Å². The highest BCUT2D eigenvalue weighted by atomic mass is 16.8. The van der Waals surface area contributed by atoms with Gasteiger partial charge < -0.3 is 23.7 Å². The molecule has 1 fully saturated rings. The summed E-state index contributed by atoms with van der Waals surface area (Å²) in [5.41, 5.74) is -1.07. The molecular formula is C18H30O7. The third kappa shape index (κ3) is 6.74. The number of ether oxygens (including phenoxy) is 4. The summed E-state index contributed by atoms with van der Waals surface area (Å²) in [6.07, 6.45) is 2.26. The lowest BCUT2D eigenvalue weighted by Crippen LogP contribution is -2.49. The molecule has 0 unspecified atom stereocenters. The summed E-state index contributed by atoms with van der Waals surface area (Å²) in [6.45, 7) is 7.79. The van der Waals surface area contributed by atoms with Crippen LogP contribution in [0.3, 0.4) is 0 Å². The molecule has 0 N–H and O–H groups in total. The quantitative estimate of drug-likeness (QED) is 0.414. The van der Waals surface area contributed by atoms with Gasteiger partial charge >= 0.3 is 11.9 Å². The van der Waals surface area contributed by atoms with Gasteiger partial charge in [-0.25, -0.2) is 0 Å². The van der Waals surface area contributed by atoms with E-state index in [9.17, 15) is 14.4 Å². The van der Waals surface area contributed by atoms with E-state index in [1.807, 2.05) is 6.92 Å². The van der Waals surface area contributed by atoms with Crippen LogP contribution in [0.4, 0.5) is 0 Å². The van der Waals surface area contributed by atoms with E-state index >= 15 is 0 Å². The minimum Gasteiger partial charge on any atom is -0.466 e. The van der Waals surface area contributed by atoms with Gasteiger partial charge in [-0.15, -0.1) is 0 Å². The van der Waals surface area contributed by atoms with E-state index < -0.39 is 29.4 Å². The van der Waals surface area contributed by atoms with Crippen LogP contribution in [0.2, 0.25) is 0 Å². The number of rotatable bonds is 11. The van der Waals surface area contributed by atoms with Crippen molar-refractivity contribution in [2.75, 3.05) is 13.2 Å². The third-order valence-electron chi connectivity index (χ3n) is 4.13. The molecule has 1 aliphatic rings. The fourth-order valence-electron chi connectivity index (χ4n) is 2.83. The van der Waals surface area contributed by atoms with Crippen molar-refractivity contribution < 1.29 is 33.3 Å². The van der Waals surface area contributed by atoms with E-state index in [4.69, 9.17) is 18.9 Å². The summed E-state index contributed by atoms with van der Waals surface area (Å²) in [4.78, 5) is 35.0. The van der Waals surface area contributed by atoms with Crippen LogP contribution in [0.5, 0.6) is 0 Å². The Bertz CT molecular complexity index is 460. The first kappa shape index (κ1) is 21.6. The Balaban J connectivity index is 2.83. The van der Waals surface area contributed by atoms with E-state index in [-0.39, 0.29) is 32.5 Å². The molecule has 0 amide bonds. The van der Waals surface area contributed by atoms with Crippen LogP contribution in [-0.2, 0) is 33.3 Å². The summed E-state index contributed by atoms with van der Waals surface area (Å²) in [5, 5.41) is 0. The summed E-state index contributed by atoms with van der Waals surface area (Å²) in [5.74, 6) is -1.78. The van der Waals surface area contributed by atoms with Gasteiger partial charge in [0.2, 0.25) is 0 Å². The van der Waals surface area contributed by atoms with Crippen molar-refractivity contribution in [3.05, 3.63) is 0 Å². The van der Waals surface area contributed by atoms with Gasteiger partial charge in [0.25, 0.3) is 0 Å². The van der Waals surface area contributed by atoms with E-state index in [1.54, 1.807) is 20.8 Å². The lowest BCUT2D eigenvalue weighted by atomic mass is 9.87. The SMILES string of the molecule is CCCC[C@](CC=O)(OC(=O)CCC(=O)OCC)[C@@H]1COC(C)(C)O1. The zero-order valence-electron chi connectivity index (χ0n) is 15.7. The first-order chi connectivity index (χ1) is 11.8. The predicted octanol–water partition coefficient (Wildman–Crippen LogP) is 2.54. The zero-order chi connectivity index (χ0) is 18.9. The molecule has 0 spiro atoms. The lowest BCUT2D eigenvalue weighted by Gasteiger charge is -2.36. The van der Waals surface area contributed by atoms with Crippen LogP contribution in [0.25, 0.3) is 0 Å². The van der Waals surface area contributed by atoms with Crippen molar-refractivity contribution in [1.82, 2.24) is 0 Å². The van der Waals surface area contributed by atoms with Crippen LogP contribution in [0, 0.1) is 0 Å². The Labute approximate surface area is 149 Å². The van der Waals surface area contributed by atoms with Crippen molar-refractivity contribution in [3.8, 4) is 0 Å². The maximum Gasteiger partial charge on any atom is 0.307 e. The van der Waals surface area contributed by atoms with E-state index in [1.165, 1.54) is 0 Å². The van der Waals surface area contributed by atoms with Crippen LogP contribution >= 0.6 is 0 Å². The molecular weight excluding hydrogens is 328 g/mol. The molecule has 1 aliphatic heterocycles. The molecule has 1 saturated heterocycles. The first-order valence-corrected chi connectivity index (χ1v) is 8.91. The molecule has 7 heteroatoms. The molecule has 0 bridgehead atoms. The average molecular weight is 358 g/mol. The average Bonchev–Trinajstić information content (AvgIpc) is 2.92. The molecule has 25 heavy (non-hydrogen) atoms. The van der Waals surface area contributed by atoms with Crippen molar-refractivity contribution >= 4 is 18.2 Å². The Morgan fingerprint density at radius 2 is 1.92 bits per heavy atom. The summed E-state index contributed by atoms with van der Waals surface area (Å²) in [7, 11) is 0. The van der Waals surface area contributed by atoms with Crippen molar-refractivity contribution in [3.63, 3.8) is 0 Å². The molecule has 1 heterocycles. The van der Waals surface area contributed by atoms with Gasteiger partial charge in [0.15, 0.2) is 5.79 Å². The third-order valence-corrected chi connectivity index (χ3v) is 4.13. The van der Waals surface area contributed by atoms with Crippen LogP contribution < -0.4 is 0 Å². The number of hydrogen-bond acceptors (Lipinski definition) is 7. The summed E-state index contributed by atoms with van der Waals surface area (Å²) < 4.78 is 22.0. The van der Waals surface area contributed by atoms with Crippen LogP contribution in [-0.4, -0.2) is 48.9 Å². The molecule has 0 aromatic carbocycles. The molecule has 0 aromatic rings. The van der Waals surface area contributed by atoms with Gasteiger partial charge in [0.1, 0.15) is 18.0 Å². The van der Waals surface area contributed by atoms with E-state index in [0.29, 0.717) is 6.42 Å². The van der Waals surface area contributed by atoms with Crippen LogP contribution in [0.15, 0.2) is 0 Å². The molecule has 0 radical (unpaired) electrons. The number of hydrogen-bond donors (Lipinski definition) is 0. The molecule has 0 aromatic heterocycles. The number of esters is 2. The van der Waals surface area contributed by atoms with Gasteiger partial charge in [-0.1, -0.05) is 13.3 Å². The fourth-order valence-corrected chi connectivity index (χ4v) is 2.83. The number of carbonyl (C=O) groups is 3. The second-order valence-electron chi connectivity index (χ2n) is 6.64. The van der Waals surface area contributed by atoms with Gasteiger partial charge in [-0.05, 0) is 33.6 Å². The molecule has 2 atom stereocenters. The predicted molar refractivity (Wildman–Crippen MR) is 89.8 cm³/mol. The monoisotopic (exact) mass is 358 g/mol. The van der Waals surface area contributed by atoms with Gasteiger partial charge in [-0.2, -0.15) is 0 Å². The van der Waals surface area contributed by atoms with Crippen molar-refractivity contribution in [2.24, 2.45) is 0 Å². The topological polar surface area (TPSA) is 88.1 Å².